The fraction of sp³-hybridized carbons (Fsp3) is 0.458. The Labute approximate surface area is 194 Å². The minimum absolute atomic E-state index is 0.0807. The molecule has 0 spiro atoms. The Bertz CT molecular complexity index is 893. The number of carbonyl (C=O) groups is 1. The summed E-state index contributed by atoms with van der Waals surface area (Å²) in [5.74, 6) is 2.90. The first kappa shape index (κ1) is 25.7. The molecule has 0 atom stereocenters. The van der Waals surface area contributed by atoms with E-state index in [1.165, 1.54) is 0 Å². The number of hydrogen-bond acceptors (Lipinski definition) is 8. The monoisotopic (exact) mass is 463 g/mol. The topological polar surface area (TPSA) is 75.3 Å². The van der Waals surface area contributed by atoms with Crippen LogP contribution in [-0.4, -0.2) is 46.6 Å². The van der Waals surface area contributed by atoms with E-state index in [-0.39, 0.29) is 12.5 Å². The van der Waals surface area contributed by atoms with E-state index in [1.807, 2.05) is 51.1 Å². The second-order valence-electron chi connectivity index (χ2n) is 7.95. The fourth-order valence-corrected chi connectivity index (χ4v) is 4.08. The first-order valence-corrected chi connectivity index (χ1v) is 11.2. The molecule has 2 aromatic carbocycles. The Morgan fingerprint density at radius 1 is 0.938 bits per heavy atom. The molecule has 0 aliphatic carbocycles. The van der Waals surface area contributed by atoms with Crippen molar-refractivity contribution < 1.29 is 28.5 Å². The average molecular weight is 464 g/mol. The Hall–Kier alpha value is -2.58. The maximum Gasteiger partial charge on any atom is 0.320 e. The molecule has 0 saturated carbocycles. The van der Waals surface area contributed by atoms with Gasteiger partial charge >= 0.3 is 5.97 Å². The van der Waals surface area contributed by atoms with E-state index >= 15 is 0 Å². The molecule has 0 aromatic heterocycles. The molecule has 8 heteroatoms. The quantitative estimate of drug-likeness (QED) is 0.387. The van der Waals surface area contributed by atoms with Gasteiger partial charge in [-0.1, -0.05) is 12.1 Å². The van der Waals surface area contributed by atoms with Crippen LogP contribution >= 0.6 is 11.8 Å². The van der Waals surface area contributed by atoms with Crippen molar-refractivity contribution in [2.24, 2.45) is 0 Å². The van der Waals surface area contributed by atoms with Gasteiger partial charge in [0.05, 0.1) is 35.0 Å². The van der Waals surface area contributed by atoms with Crippen LogP contribution < -0.4 is 24.3 Å². The van der Waals surface area contributed by atoms with Crippen molar-refractivity contribution in [3.8, 4) is 23.0 Å². The molecule has 0 heterocycles. The molecule has 0 fully saturated rings. The molecule has 2 rings (SSSR count). The number of esters is 1. The summed E-state index contributed by atoms with van der Waals surface area (Å²) in [6, 6.07) is 9.87. The summed E-state index contributed by atoms with van der Waals surface area (Å²) in [6.07, 6.45) is 0. The van der Waals surface area contributed by atoms with Crippen molar-refractivity contribution in [2.45, 2.75) is 43.6 Å². The van der Waals surface area contributed by atoms with Crippen LogP contribution in [0, 0.1) is 0 Å². The SMILES string of the molecule is COc1ccc(CSc2cc(OC)c(OC)c(OC)c2CNCC(=O)OC(C)(C)C)cc1. The first-order chi connectivity index (χ1) is 15.2. The standard InChI is InChI=1S/C24H33NO6S/c1-24(2,3)31-21(26)14-25-13-18-20(12-19(28-5)23(30-7)22(18)29-6)32-15-16-8-10-17(27-4)11-9-16/h8-12,25H,13-15H2,1-7H3. The third kappa shape index (κ3) is 7.24. The number of rotatable bonds is 11. The highest BCUT2D eigenvalue weighted by atomic mass is 32.2. The summed E-state index contributed by atoms with van der Waals surface area (Å²) >= 11 is 1.65. The molecule has 0 amide bonds. The van der Waals surface area contributed by atoms with E-state index in [1.54, 1.807) is 40.2 Å². The number of thioether (sulfide) groups is 1. The van der Waals surface area contributed by atoms with Gasteiger partial charge in [-0.15, -0.1) is 11.8 Å². The van der Waals surface area contributed by atoms with Crippen LogP contribution in [0.1, 0.15) is 31.9 Å². The van der Waals surface area contributed by atoms with Gasteiger partial charge in [-0.05, 0) is 44.5 Å². The number of nitrogens with one attached hydrogen (secondary N) is 1. The summed E-state index contributed by atoms with van der Waals surface area (Å²) < 4.78 is 27.4. The summed E-state index contributed by atoms with van der Waals surface area (Å²) in [4.78, 5) is 13.1. The summed E-state index contributed by atoms with van der Waals surface area (Å²) in [5.41, 5.74) is 1.50. The molecule has 0 aliphatic heterocycles. The minimum atomic E-state index is -0.529. The van der Waals surface area contributed by atoms with Crippen LogP contribution in [0.5, 0.6) is 23.0 Å². The van der Waals surface area contributed by atoms with Gasteiger partial charge in [0.1, 0.15) is 11.4 Å². The van der Waals surface area contributed by atoms with Crippen LogP contribution in [-0.2, 0) is 21.8 Å². The van der Waals surface area contributed by atoms with E-state index in [0.29, 0.717) is 23.8 Å². The van der Waals surface area contributed by atoms with Gasteiger partial charge in [-0.2, -0.15) is 0 Å². The number of benzene rings is 2. The van der Waals surface area contributed by atoms with Crippen molar-refractivity contribution in [1.82, 2.24) is 5.32 Å². The van der Waals surface area contributed by atoms with E-state index < -0.39 is 5.60 Å². The largest absolute Gasteiger partial charge is 0.497 e. The maximum absolute atomic E-state index is 12.1. The van der Waals surface area contributed by atoms with Crippen LogP contribution in [0.25, 0.3) is 0 Å². The lowest BCUT2D eigenvalue weighted by Crippen LogP contribution is -2.31. The van der Waals surface area contributed by atoms with E-state index in [0.717, 1.165) is 27.5 Å². The Morgan fingerprint density at radius 3 is 2.12 bits per heavy atom. The van der Waals surface area contributed by atoms with Crippen LogP contribution in [0.4, 0.5) is 0 Å². The predicted molar refractivity (Wildman–Crippen MR) is 126 cm³/mol. The summed E-state index contributed by atoms with van der Waals surface area (Å²) in [7, 11) is 6.40. The third-order valence-electron chi connectivity index (χ3n) is 4.44. The molecule has 7 nitrogen and oxygen atoms in total. The zero-order chi connectivity index (χ0) is 23.7. The molecule has 0 unspecified atom stereocenters. The molecular weight excluding hydrogens is 430 g/mol. The van der Waals surface area contributed by atoms with Crippen molar-refractivity contribution >= 4 is 17.7 Å². The van der Waals surface area contributed by atoms with Gasteiger partial charge < -0.3 is 29.0 Å². The van der Waals surface area contributed by atoms with Gasteiger partial charge in [0, 0.05) is 22.8 Å². The van der Waals surface area contributed by atoms with Crippen molar-refractivity contribution in [2.75, 3.05) is 35.0 Å². The molecular formula is C24H33NO6S. The molecule has 32 heavy (non-hydrogen) atoms. The van der Waals surface area contributed by atoms with Crippen LogP contribution in [0.3, 0.4) is 0 Å². The highest BCUT2D eigenvalue weighted by Crippen LogP contribution is 2.45. The molecule has 2 aromatic rings. The summed E-state index contributed by atoms with van der Waals surface area (Å²) in [5, 5.41) is 3.16. The molecule has 0 aliphatic rings. The highest BCUT2D eigenvalue weighted by molar-refractivity contribution is 7.98. The van der Waals surface area contributed by atoms with Gasteiger partial charge in [-0.25, -0.2) is 0 Å². The van der Waals surface area contributed by atoms with E-state index in [2.05, 4.69) is 5.32 Å². The van der Waals surface area contributed by atoms with Gasteiger partial charge in [0.15, 0.2) is 11.5 Å². The molecule has 0 saturated heterocycles. The number of ether oxygens (including phenoxy) is 5. The Morgan fingerprint density at radius 2 is 1.59 bits per heavy atom. The lowest BCUT2D eigenvalue weighted by atomic mass is 10.1. The van der Waals surface area contributed by atoms with Gasteiger partial charge in [-0.3, -0.25) is 4.79 Å². The van der Waals surface area contributed by atoms with E-state index in [4.69, 9.17) is 23.7 Å². The van der Waals surface area contributed by atoms with Gasteiger partial charge in [0.2, 0.25) is 5.75 Å². The third-order valence-corrected chi connectivity index (χ3v) is 5.59. The normalized spacial score (nSPS) is 11.1. The Balaban J connectivity index is 2.26. The van der Waals surface area contributed by atoms with E-state index in [9.17, 15) is 4.79 Å². The van der Waals surface area contributed by atoms with Crippen molar-refractivity contribution in [3.63, 3.8) is 0 Å². The van der Waals surface area contributed by atoms with Gasteiger partial charge in [0.25, 0.3) is 0 Å². The second-order valence-corrected chi connectivity index (χ2v) is 8.97. The summed E-state index contributed by atoms with van der Waals surface area (Å²) in [6.45, 7) is 6.01. The van der Waals surface area contributed by atoms with Crippen molar-refractivity contribution in [3.05, 3.63) is 41.5 Å². The lowest BCUT2D eigenvalue weighted by Gasteiger charge is -2.21. The number of carbonyl (C=O) groups excluding carboxylic acids is 1. The molecule has 0 bridgehead atoms. The average Bonchev–Trinajstić information content (AvgIpc) is 2.76. The van der Waals surface area contributed by atoms with Crippen LogP contribution in [0.15, 0.2) is 35.2 Å². The Kier molecular flexibility index (Phi) is 9.53. The smallest absolute Gasteiger partial charge is 0.320 e. The minimum Gasteiger partial charge on any atom is -0.497 e. The lowest BCUT2D eigenvalue weighted by molar-refractivity contribution is -0.153. The zero-order valence-corrected chi connectivity index (χ0v) is 20.7. The second kappa shape index (κ2) is 11.9. The first-order valence-electron chi connectivity index (χ1n) is 10.2. The number of methoxy groups -OCH3 is 4. The highest BCUT2D eigenvalue weighted by Gasteiger charge is 2.22. The van der Waals surface area contributed by atoms with Crippen molar-refractivity contribution in [1.29, 1.82) is 0 Å². The number of hydrogen-bond donors (Lipinski definition) is 1. The predicted octanol–water partition coefficient (Wildman–Crippen LogP) is 4.44. The molecule has 1 N–H and O–H groups in total. The fourth-order valence-electron chi connectivity index (χ4n) is 3.04. The zero-order valence-electron chi connectivity index (χ0n) is 19.9. The molecule has 0 radical (unpaired) electrons. The maximum atomic E-state index is 12.1. The van der Waals surface area contributed by atoms with Crippen LogP contribution in [0.2, 0.25) is 0 Å². The molecule has 176 valence electrons.